The molecule has 3 aliphatic rings. The standard InChI is InChI=1S/C29H27NO7/c1-17-13-21(30(33,19-9-5-3-6-10-19)20-11-7-4-8-12-20)14-18(2)25(17)34-16-24(31)36-27-23-15-22-26(35-23)28(27)37-29(22)32/h3-14,22-23,26-28H,15-16H2,1-2H3/t22-,23?,26?,27?,28?/m1/s1. The Morgan fingerprint density at radius 3 is 2.14 bits per heavy atom. The van der Waals surface area contributed by atoms with Gasteiger partial charge in [-0.15, -0.1) is 0 Å². The highest BCUT2D eigenvalue weighted by molar-refractivity contribution is 5.78. The third-order valence-corrected chi connectivity index (χ3v) is 7.43. The van der Waals surface area contributed by atoms with Gasteiger partial charge in [0, 0.05) is 36.4 Å². The molecule has 8 heteroatoms. The zero-order valence-electron chi connectivity index (χ0n) is 20.5. The monoisotopic (exact) mass is 501 g/mol. The maximum Gasteiger partial charge on any atom is 0.344 e. The first-order chi connectivity index (χ1) is 17.9. The topological polar surface area (TPSA) is 94.1 Å². The summed E-state index contributed by atoms with van der Waals surface area (Å²) >= 11 is 0. The summed E-state index contributed by atoms with van der Waals surface area (Å²) in [6, 6.07) is 22.0. The Morgan fingerprint density at radius 1 is 0.946 bits per heavy atom. The average Bonchev–Trinajstić information content (AvgIpc) is 3.54. The third-order valence-electron chi connectivity index (χ3n) is 7.43. The van der Waals surface area contributed by atoms with Crippen LogP contribution in [0, 0.1) is 25.0 Å². The zero-order valence-corrected chi connectivity index (χ0v) is 20.5. The molecule has 3 saturated heterocycles. The van der Waals surface area contributed by atoms with E-state index in [4.69, 9.17) is 18.9 Å². The number of hydrogen-bond donors (Lipinski definition) is 0. The Hall–Kier alpha value is -3.72. The van der Waals surface area contributed by atoms with Crippen molar-refractivity contribution in [3.8, 4) is 5.75 Å². The van der Waals surface area contributed by atoms with Crippen LogP contribution in [0.25, 0.3) is 0 Å². The summed E-state index contributed by atoms with van der Waals surface area (Å²) in [5.41, 5.74) is 3.13. The number of benzene rings is 3. The molecule has 4 unspecified atom stereocenters. The highest BCUT2D eigenvalue weighted by Gasteiger charge is 2.65. The van der Waals surface area contributed by atoms with Gasteiger partial charge in [0.25, 0.3) is 0 Å². The van der Waals surface area contributed by atoms with E-state index in [9.17, 15) is 14.8 Å². The second-order valence-electron chi connectivity index (χ2n) is 9.82. The van der Waals surface area contributed by atoms with E-state index in [1.54, 1.807) is 12.1 Å². The molecule has 0 N–H and O–H groups in total. The Balaban J connectivity index is 1.21. The first kappa shape index (κ1) is 23.7. The Kier molecular flexibility index (Phi) is 5.75. The molecule has 3 aliphatic heterocycles. The predicted octanol–water partition coefficient (Wildman–Crippen LogP) is 4.78. The van der Waals surface area contributed by atoms with Gasteiger partial charge in [-0.3, -0.25) is 9.44 Å². The lowest BCUT2D eigenvalue weighted by molar-refractivity contribution is -0.162. The number of aryl methyl sites for hydroxylation is 2. The van der Waals surface area contributed by atoms with Gasteiger partial charge in [0.15, 0.2) is 18.8 Å². The van der Waals surface area contributed by atoms with Crippen molar-refractivity contribution < 1.29 is 28.5 Å². The fourth-order valence-corrected chi connectivity index (χ4v) is 5.76. The van der Waals surface area contributed by atoms with Gasteiger partial charge in [-0.1, -0.05) is 36.4 Å². The number of rotatable bonds is 7. The molecule has 5 atom stereocenters. The van der Waals surface area contributed by atoms with Gasteiger partial charge < -0.3 is 24.2 Å². The van der Waals surface area contributed by atoms with Crippen molar-refractivity contribution in [3.05, 3.63) is 89.1 Å². The normalized spacial score (nSPS) is 25.7. The lowest BCUT2D eigenvalue weighted by Crippen LogP contribution is -2.40. The SMILES string of the molecule is Cc1cc([N+]([O-])(c2ccccc2)c2ccccc2)cc(C)c1OCC(=O)OC1C2C[C@H]3C(=O)OC1C3O2. The van der Waals surface area contributed by atoms with E-state index in [0.29, 0.717) is 29.2 Å². The van der Waals surface area contributed by atoms with E-state index >= 15 is 0 Å². The number of quaternary nitrogens is 1. The van der Waals surface area contributed by atoms with E-state index in [1.165, 1.54) is 0 Å². The maximum absolute atomic E-state index is 14.5. The van der Waals surface area contributed by atoms with Crippen LogP contribution in [0.4, 0.5) is 17.1 Å². The van der Waals surface area contributed by atoms with Crippen molar-refractivity contribution in [2.24, 2.45) is 5.92 Å². The van der Waals surface area contributed by atoms with Crippen LogP contribution in [-0.2, 0) is 23.8 Å². The van der Waals surface area contributed by atoms with Crippen molar-refractivity contribution in [2.75, 3.05) is 6.61 Å². The van der Waals surface area contributed by atoms with Crippen LogP contribution in [0.5, 0.6) is 5.75 Å². The molecule has 0 spiro atoms. The summed E-state index contributed by atoms with van der Waals surface area (Å²) in [6.07, 6.45) is -1.29. The highest BCUT2D eigenvalue weighted by Crippen LogP contribution is 2.48. The van der Waals surface area contributed by atoms with Gasteiger partial charge in [0.2, 0.25) is 0 Å². The number of para-hydroxylation sites is 2. The third kappa shape index (κ3) is 3.89. The molecule has 2 bridgehead atoms. The molecule has 6 rings (SSSR count). The second kappa shape index (κ2) is 8.99. The van der Waals surface area contributed by atoms with Gasteiger partial charge in [-0.2, -0.15) is 0 Å². The number of carbonyl (C=O) groups excluding carboxylic acids is 2. The fraction of sp³-hybridized carbons (Fsp3) is 0.310. The van der Waals surface area contributed by atoms with Crippen molar-refractivity contribution in [1.29, 1.82) is 0 Å². The lowest BCUT2D eigenvalue weighted by Gasteiger charge is -2.41. The molecule has 37 heavy (non-hydrogen) atoms. The molecule has 0 aromatic heterocycles. The predicted molar refractivity (Wildman–Crippen MR) is 135 cm³/mol. The number of nitrogens with zero attached hydrogens (tertiary/aromatic N) is 1. The van der Waals surface area contributed by atoms with Gasteiger partial charge in [0.1, 0.15) is 28.9 Å². The van der Waals surface area contributed by atoms with Gasteiger partial charge in [-0.25, -0.2) is 4.79 Å². The van der Waals surface area contributed by atoms with Gasteiger partial charge in [0.05, 0.1) is 12.0 Å². The summed E-state index contributed by atoms with van der Waals surface area (Å²) in [7, 11) is 0. The first-order valence-electron chi connectivity index (χ1n) is 12.4. The van der Waals surface area contributed by atoms with Crippen LogP contribution < -0.4 is 9.38 Å². The Bertz CT molecular complexity index is 1280. The largest absolute Gasteiger partial charge is 0.616 e. The molecule has 3 aromatic carbocycles. The molecular weight excluding hydrogens is 474 g/mol. The Morgan fingerprint density at radius 2 is 1.54 bits per heavy atom. The first-order valence-corrected chi connectivity index (χ1v) is 12.4. The second-order valence-corrected chi connectivity index (χ2v) is 9.82. The minimum atomic E-state index is -0.767. The summed E-state index contributed by atoms with van der Waals surface area (Å²) in [5.74, 6) is -0.572. The number of carbonyl (C=O) groups is 2. The van der Waals surface area contributed by atoms with E-state index in [0.717, 1.165) is 11.1 Å². The van der Waals surface area contributed by atoms with Crippen LogP contribution in [0.1, 0.15) is 17.5 Å². The number of ether oxygens (including phenoxy) is 4. The van der Waals surface area contributed by atoms with Crippen LogP contribution in [0.15, 0.2) is 72.8 Å². The van der Waals surface area contributed by atoms with Gasteiger partial charge in [-0.05, 0) is 31.4 Å². The van der Waals surface area contributed by atoms with Crippen LogP contribution >= 0.6 is 0 Å². The van der Waals surface area contributed by atoms with Gasteiger partial charge >= 0.3 is 11.9 Å². The number of esters is 2. The molecule has 0 radical (unpaired) electrons. The van der Waals surface area contributed by atoms with E-state index in [-0.39, 0.29) is 30.7 Å². The van der Waals surface area contributed by atoms with Crippen LogP contribution in [-0.4, -0.2) is 43.0 Å². The highest BCUT2D eigenvalue weighted by atomic mass is 16.7. The van der Waals surface area contributed by atoms with Crippen LogP contribution in [0.2, 0.25) is 0 Å². The summed E-state index contributed by atoms with van der Waals surface area (Å²) < 4.78 is 21.8. The van der Waals surface area contributed by atoms with Crippen molar-refractivity contribution in [3.63, 3.8) is 0 Å². The van der Waals surface area contributed by atoms with Crippen molar-refractivity contribution in [1.82, 2.24) is 4.65 Å². The number of hydrogen-bond acceptors (Lipinski definition) is 7. The molecule has 3 fully saturated rings. The number of fused-ring (bicyclic) bond motifs is 1. The molecule has 190 valence electrons. The molecular formula is C29H27NO7. The van der Waals surface area contributed by atoms with E-state index in [1.807, 2.05) is 74.5 Å². The fourth-order valence-electron chi connectivity index (χ4n) is 5.76. The summed E-state index contributed by atoms with van der Waals surface area (Å²) in [6.45, 7) is 3.38. The maximum atomic E-state index is 14.5. The zero-order chi connectivity index (χ0) is 25.7. The van der Waals surface area contributed by atoms with E-state index in [2.05, 4.69) is 0 Å². The molecule has 0 amide bonds. The van der Waals surface area contributed by atoms with Crippen molar-refractivity contribution in [2.45, 2.75) is 44.7 Å². The molecule has 8 nitrogen and oxygen atoms in total. The van der Waals surface area contributed by atoms with Crippen molar-refractivity contribution >= 4 is 29.0 Å². The summed E-state index contributed by atoms with van der Waals surface area (Å²) in [5, 5.41) is 14.5. The van der Waals surface area contributed by atoms with Crippen LogP contribution in [0.3, 0.4) is 0 Å². The van der Waals surface area contributed by atoms with E-state index < -0.39 is 22.8 Å². The summed E-state index contributed by atoms with van der Waals surface area (Å²) in [4.78, 5) is 24.5. The molecule has 0 saturated carbocycles. The molecule has 3 aromatic rings. The smallest absolute Gasteiger partial charge is 0.344 e. The molecule has 3 heterocycles. The Labute approximate surface area is 214 Å². The quantitative estimate of drug-likeness (QED) is 0.261. The molecule has 0 aliphatic carbocycles. The lowest BCUT2D eigenvalue weighted by atomic mass is 9.88. The minimum absolute atomic E-state index is 0.247. The minimum Gasteiger partial charge on any atom is -0.616 e. The average molecular weight is 502 g/mol.